The molecular formula is C10H16N2OS. The van der Waals surface area contributed by atoms with E-state index in [2.05, 4.69) is 4.98 Å². The third-order valence-electron chi connectivity index (χ3n) is 2.11. The first-order valence-electron chi connectivity index (χ1n) is 4.57. The van der Waals surface area contributed by atoms with E-state index in [0.717, 1.165) is 10.6 Å². The van der Waals surface area contributed by atoms with Gasteiger partial charge in [0.1, 0.15) is 0 Å². The molecule has 2 atom stereocenters. The van der Waals surface area contributed by atoms with Crippen molar-refractivity contribution in [3.63, 3.8) is 0 Å². The third kappa shape index (κ3) is 2.89. The van der Waals surface area contributed by atoms with Crippen molar-refractivity contribution in [2.75, 3.05) is 5.73 Å². The monoisotopic (exact) mass is 212 g/mol. The Hall–Kier alpha value is -0.740. The van der Waals surface area contributed by atoms with E-state index in [1.54, 1.807) is 24.9 Å². The summed E-state index contributed by atoms with van der Waals surface area (Å²) in [6, 6.07) is 1.94. The van der Waals surface area contributed by atoms with Gasteiger partial charge in [0.05, 0.1) is 23.0 Å². The van der Waals surface area contributed by atoms with E-state index in [1.807, 2.05) is 19.9 Å². The SMILES string of the molecule is Cc1cc(SC(C)C(C)O)ncc1N. The summed E-state index contributed by atoms with van der Waals surface area (Å²) in [4.78, 5) is 4.19. The number of aryl methyl sites for hydroxylation is 1. The molecule has 0 aliphatic rings. The zero-order valence-electron chi connectivity index (χ0n) is 8.69. The van der Waals surface area contributed by atoms with Crippen LogP contribution in [0.2, 0.25) is 0 Å². The van der Waals surface area contributed by atoms with E-state index in [4.69, 9.17) is 5.73 Å². The van der Waals surface area contributed by atoms with E-state index >= 15 is 0 Å². The number of thioether (sulfide) groups is 1. The number of nitrogens with two attached hydrogens (primary N) is 1. The van der Waals surface area contributed by atoms with Crippen molar-refractivity contribution in [2.24, 2.45) is 0 Å². The maximum atomic E-state index is 9.33. The average Bonchev–Trinajstić information content (AvgIpc) is 2.11. The molecular weight excluding hydrogens is 196 g/mol. The molecule has 0 spiro atoms. The highest BCUT2D eigenvalue weighted by Gasteiger charge is 2.11. The van der Waals surface area contributed by atoms with Gasteiger partial charge in [0.2, 0.25) is 0 Å². The average molecular weight is 212 g/mol. The number of aromatic nitrogens is 1. The van der Waals surface area contributed by atoms with Gasteiger partial charge in [-0.15, -0.1) is 11.8 Å². The van der Waals surface area contributed by atoms with Gasteiger partial charge in [0, 0.05) is 5.25 Å². The molecule has 1 heterocycles. The lowest BCUT2D eigenvalue weighted by Crippen LogP contribution is -2.15. The van der Waals surface area contributed by atoms with Crippen LogP contribution in [0.5, 0.6) is 0 Å². The molecule has 0 aromatic carbocycles. The fourth-order valence-electron chi connectivity index (χ4n) is 0.894. The number of aliphatic hydroxyl groups excluding tert-OH is 1. The number of nitrogens with zero attached hydrogens (tertiary/aromatic N) is 1. The van der Waals surface area contributed by atoms with Gasteiger partial charge in [-0.3, -0.25) is 0 Å². The molecule has 0 saturated heterocycles. The molecule has 0 fully saturated rings. The molecule has 1 rings (SSSR count). The van der Waals surface area contributed by atoms with Gasteiger partial charge < -0.3 is 10.8 Å². The second kappa shape index (κ2) is 4.66. The summed E-state index contributed by atoms with van der Waals surface area (Å²) in [5.41, 5.74) is 7.39. The molecule has 1 aromatic rings. The van der Waals surface area contributed by atoms with Crippen LogP contribution >= 0.6 is 11.8 Å². The van der Waals surface area contributed by atoms with Crippen molar-refractivity contribution >= 4 is 17.4 Å². The number of pyridine rings is 1. The fraction of sp³-hybridized carbons (Fsp3) is 0.500. The van der Waals surface area contributed by atoms with Crippen LogP contribution in [-0.2, 0) is 0 Å². The summed E-state index contributed by atoms with van der Waals surface area (Å²) in [5.74, 6) is 0. The lowest BCUT2D eigenvalue weighted by Gasteiger charge is -2.13. The van der Waals surface area contributed by atoms with E-state index < -0.39 is 0 Å². The minimum Gasteiger partial charge on any atom is -0.397 e. The van der Waals surface area contributed by atoms with E-state index in [1.165, 1.54) is 0 Å². The molecule has 0 bridgehead atoms. The molecule has 1 aromatic heterocycles. The Bertz CT molecular complexity index is 315. The minimum absolute atomic E-state index is 0.144. The van der Waals surface area contributed by atoms with E-state index in [9.17, 15) is 5.11 Å². The predicted molar refractivity (Wildman–Crippen MR) is 60.4 cm³/mol. The second-order valence-corrected chi connectivity index (χ2v) is 4.84. The maximum absolute atomic E-state index is 9.33. The van der Waals surface area contributed by atoms with Crippen molar-refractivity contribution in [1.29, 1.82) is 0 Å². The highest BCUT2D eigenvalue weighted by molar-refractivity contribution is 7.99. The standard InChI is InChI=1S/C10H16N2OS/c1-6-4-10(12-5-9(6)11)14-8(3)7(2)13/h4-5,7-8,13H,11H2,1-3H3. The van der Waals surface area contributed by atoms with Crippen LogP contribution in [-0.4, -0.2) is 21.4 Å². The number of hydrogen-bond donors (Lipinski definition) is 2. The van der Waals surface area contributed by atoms with Gasteiger partial charge in [-0.2, -0.15) is 0 Å². The Morgan fingerprint density at radius 2 is 2.14 bits per heavy atom. The second-order valence-electron chi connectivity index (χ2n) is 3.44. The van der Waals surface area contributed by atoms with Crippen LogP contribution < -0.4 is 5.73 Å². The Morgan fingerprint density at radius 1 is 1.50 bits per heavy atom. The predicted octanol–water partition coefficient (Wildman–Crippen LogP) is 1.83. The quantitative estimate of drug-likeness (QED) is 0.750. The first-order chi connectivity index (χ1) is 6.50. The number of anilines is 1. The van der Waals surface area contributed by atoms with Crippen LogP contribution in [0.1, 0.15) is 19.4 Å². The van der Waals surface area contributed by atoms with Crippen LogP contribution in [0.25, 0.3) is 0 Å². The molecule has 0 amide bonds. The summed E-state index contributed by atoms with van der Waals surface area (Å²) in [6.07, 6.45) is 1.33. The van der Waals surface area contributed by atoms with Crippen molar-refractivity contribution < 1.29 is 5.11 Å². The van der Waals surface area contributed by atoms with Gasteiger partial charge in [0.25, 0.3) is 0 Å². The summed E-state index contributed by atoms with van der Waals surface area (Å²) in [5, 5.41) is 10.4. The number of nitrogen functional groups attached to an aromatic ring is 1. The smallest absolute Gasteiger partial charge is 0.0967 e. The van der Waals surface area contributed by atoms with Gasteiger partial charge in [-0.25, -0.2) is 4.98 Å². The first kappa shape index (κ1) is 11.3. The van der Waals surface area contributed by atoms with Gasteiger partial charge >= 0.3 is 0 Å². The molecule has 0 radical (unpaired) electrons. The number of hydrogen-bond acceptors (Lipinski definition) is 4. The number of rotatable bonds is 3. The Morgan fingerprint density at radius 3 is 2.64 bits per heavy atom. The van der Waals surface area contributed by atoms with E-state index in [0.29, 0.717) is 5.69 Å². The largest absolute Gasteiger partial charge is 0.397 e. The third-order valence-corrected chi connectivity index (χ3v) is 3.34. The highest BCUT2D eigenvalue weighted by Crippen LogP contribution is 2.25. The van der Waals surface area contributed by atoms with Crippen LogP contribution in [0, 0.1) is 6.92 Å². The van der Waals surface area contributed by atoms with Crippen molar-refractivity contribution in [3.05, 3.63) is 17.8 Å². The molecule has 14 heavy (non-hydrogen) atoms. The molecule has 3 nitrogen and oxygen atoms in total. The Labute approximate surface area is 88.7 Å². The van der Waals surface area contributed by atoms with Gasteiger partial charge in [-0.1, -0.05) is 6.92 Å². The summed E-state index contributed by atoms with van der Waals surface area (Å²) >= 11 is 1.56. The molecule has 0 aliphatic heterocycles. The normalized spacial score (nSPS) is 15.1. The first-order valence-corrected chi connectivity index (χ1v) is 5.45. The zero-order valence-corrected chi connectivity index (χ0v) is 9.51. The van der Waals surface area contributed by atoms with Crippen LogP contribution in [0.15, 0.2) is 17.3 Å². The fourth-order valence-corrected chi connectivity index (χ4v) is 1.83. The lowest BCUT2D eigenvalue weighted by atomic mass is 10.3. The Kier molecular flexibility index (Phi) is 3.77. The van der Waals surface area contributed by atoms with Crippen molar-refractivity contribution in [1.82, 2.24) is 4.98 Å². The molecule has 0 aliphatic carbocycles. The Balaban J connectivity index is 2.73. The lowest BCUT2D eigenvalue weighted by molar-refractivity contribution is 0.196. The van der Waals surface area contributed by atoms with E-state index in [-0.39, 0.29) is 11.4 Å². The van der Waals surface area contributed by atoms with Crippen LogP contribution in [0.3, 0.4) is 0 Å². The van der Waals surface area contributed by atoms with Crippen molar-refractivity contribution in [2.45, 2.75) is 37.2 Å². The van der Waals surface area contributed by atoms with Crippen LogP contribution in [0.4, 0.5) is 5.69 Å². The molecule has 78 valence electrons. The molecule has 4 heteroatoms. The van der Waals surface area contributed by atoms with Crippen molar-refractivity contribution in [3.8, 4) is 0 Å². The topological polar surface area (TPSA) is 59.1 Å². The molecule has 3 N–H and O–H groups in total. The number of aliphatic hydroxyl groups is 1. The maximum Gasteiger partial charge on any atom is 0.0967 e. The zero-order chi connectivity index (χ0) is 10.7. The summed E-state index contributed by atoms with van der Waals surface area (Å²) in [7, 11) is 0. The molecule has 2 unspecified atom stereocenters. The summed E-state index contributed by atoms with van der Waals surface area (Å²) < 4.78 is 0. The molecule has 0 saturated carbocycles. The van der Waals surface area contributed by atoms with Gasteiger partial charge in [0.15, 0.2) is 0 Å². The summed E-state index contributed by atoms with van der Waals surface area (Å²) in [6.45, 7) is 5.71. The minimum atomic E-state index is -0.334. The highest BCUT2D eigenvalue weighted by atomic mass is 32.2. The van der Waals surface area contributed by atoms with Gasteiger partial charge in [-0.05, 0) is 25.5 Å².